The Balaban J connectivity index is 1.35. The maximum Gasteiger partial charge on any atom is 0.338 e. The molecule has 386 valence electrons. The molecule has 0 saturated carbocycles. The SMILES string of the molecule is CC(C)(C)OC(=O)C[C@H](NC(=O)c1cc(OCCOCCOCCOc2cc(C(=O)N[C@@H](CC(=O)O)C(=O)O)cc(C(=O)OCc3ccccc3)c2)cc(C(=O)OCc2ccccc2)c1)C(=O)OC(C)(C)C. The second kappa shape index (κ2) is 27.5. The van der Waals surface area contributed by atoms with E-state index in [1.54, 1.807) is 96.1 Å². The van der Waals surface area contributed by atoms with Gasteiger partial charge in [-0.1, -0.05) is 60.7 Å². The third kappa shape index (κ3) is 21.0. The summed E-state index contributed by atoms with van der Waals surface area (Å²) < 4.78 is 44.6. The molecule has 20 heteroatoms. The van der Waals surface area contributed by atoms with Crippen LogP contribution >= 0.6 is 0 Å². The van der Waals surface area contributed by atoms with Crippen molar-refractivity contribution < 1.29 is 86.5 Å². The number of carbonyl (C=O) groups is 8. The van der Waals surface area contributed by atoms with E-state index in [4.69, 9.17) is 43.0 Å². The fourth-order valence-corrected chi connectivity index (χ4v) is 6.21. The lowest BCUT2D eigenvalue weighted by atomic mass is 10.1. The summed E-state index contributed by atoms with van der Waals surface area (Å²) in [5.74, 6) is -7.89. The molecule has 0 aliphatic rings. The first-order valence-electron chi connectivity index (χ1n) is 22.7. The van der Waals surface area contributed by atoms with Crippen LogP contribution in [0.5, 0.6) is 11.5 Å². The molecule has 2 atom stereocenters. The summed E-state index contributed by atoms with van der Waals surface area (Å²) >= 11 is 0. The number of esters is 4. The van der Waals surface area contributed by atoms with E-state index < -0.39 is 83.8 Å². The molecule has 20 nitrogen and oxygen atoms in total. The average molecular weight is 1000 g/mol. The van der Waals surface area contributed by atoms with Crippen molar-refractivity contribution in [1.82, 2.24) is 10.6 Å². The summed E-state index contributed by atoms with van der Waals surface area (Å²) in [6.45, 7) is 9.89. The van der Waals surface area contributed by atoms with Gasteiger partial charge in [0.2, 0.25) is 0 Å². The van der Waals surface area contributed by atoms with Gasteiger partial charge in [0.05, 0.1) is 50.4 Å². The number of ether oxygens (including phenoxy) is 8. The molecule has 0 unspecified atom stereocenters. The first-order chi connectivity index (χ1) is 34.0. The van der Waals surface area contributed by atoms with Gasteiger partial charge in [0.15, 0.2) is 0 Å². The Bertz CT molecular complexity index is 2500. The summed E-state index contributed by atoms with van der Waals surface area (Å²) in [7, 11) is 0. The van der Waals surface area contributed by atoms with Crippen molar-refractivity contribution >= 4 is 47.6 Å². The Hall–Kier alpha value is -7.84. The van der Waals surface area contributed by atoms with Crippen LogP contribution in [0.2, 0.25) is 0 Å². The number of rotatable bonds is 27. The minimum Gasteiger partial charge on any atom is -0.491 e. The van der Waals surface area contributed by atoms with Gasteiger partial charge >= 0.3 is 35.8 Å². The number of carboxylic acid groups (broad SMARTS) is 2. The quantitative estimate of drug-likeness (QED) is 0.0316. The molecule has 0 radical (unpaired) electrons. The topological polar surface area (TPSA) is 275 Å². The second-order valence-electron chi connectivity index (χ2n) is 17.8. The molecule has 4 aromatic carbocycles. The molecule has 72 heavy (non-hydrogen) atoms. The summed E-state index contributed by atoms with van der Waals surface area (Å²) in [5, 5.41) is 23.2. The Morgan fingerprint density at radius 3 is 1.31 bits per heavy atom. The van der Waals surface area contributed by atoms with Crippen LogP contribution < -0.4 is 20.1 Å². The zero-order valence-electron chi connectivity index (χ0n) is 40.9. The fraction of sp³-hybridized carbons (Fsp3) is 0.385. The van der Waals surface area contributed by atoms with Crippen LogP contribution in [0.1, 0.15) is 107 Å². The predicted octanol–water partition coefficient (Wildman–Crippen LogP) is 5.72. The first-order valence-corrected chi connectivity index (χ1v) is 22.7. The molecular weight excluding hydrogens is 941 g/mol. The van der Waals surface area contributed by atoms with Crippen LogP contribution in [0.3, 0.4) is 0 Å². The number of nitrogens with one attached hydrogen (secondary N) is 2. The molecule has 0 aromatic heterocycles. The number of benzene rings is 4. The lowest BCUT2D eigenvalue weighted by Gasteiger charge is -2.26. The predicted molar refractivity (Wildman–Crippen MR) is 255 cm³/mol. The zero-order valence-corrected chi connectivity index (χ0v) is 40.9. The van der Waals surface area contributed by atoms with Crippen LogP contribution in [0.25, 0.3) is 0 Å². The molecule has 0 aliphatic heterocycles. The van der Waals surface area contributed by atoms with Gasteiger partial charge < -0.3 is 58.7 Å². The van der Waals surface area contributed by atoms with Crippen LogP contribution in [0.4, 0.5) is 0 Å². The molecule has 2 amide bonds. The Morgan fingerprint density at radius 1 is 0.500 bits per heavy atom. The Kier molecular flexibility index (Phi) is 21.7. The van der Waals surface area contributed by atoms with E-state index in [1.165, 1.54) is 36.4 Å². The highest BCUT2D eigenvalue weighted by Crippen LogP contribution is 2.22. The zero-order chi connectivity index (χ0) is 52.8. The molecule has 4 aromatic rings. The van der Waals surface area contributed by atoms with E-state index in [2.05, 4.69) is 10.6 Å². The van der Waals surface area contributed by atoms with E-state index in [0.29, 0.717) is 5.56 Å². The maximum absolute atomic E-state index is 13.7. The van der Waals surface area contributed by atoms with E-state index in [-0.39, 0.29) is 86.6 Å². The average Bonchev–Trinajstić information content (AvgIpc) is 3.31. The lowest BCUT2D eigenvalue weighted by Crippen LogP contribution is -2.46. The van der Waals surface area contributed by atoms with Crippen molar-refractivity contribution in [2.45, 2.75) is 90.9 Å². The van der Waals surface area contributed by atoms with Gasteiger partial charge in [0.25, 0.3) is 11.8 Å². The van der Waals surface area contributed by atoms with Crippen molar-refractivity contribution in [2.24, 2.45) is 0 Å². The van der Waals surface area contributed by atoms with Crippen molar-refractivity contribution in [3.05, 3.63) is 130 Å². The van der Waals surface area contributed by atoms with Crippen molar-refractivity contribution in [1.29, 1.82) is 0 Å². The van der Waals surface area contributed by atoms with E-state index in [9.17, 15) is 43.5 Å². The van der Waals surface area contributed by atoms with Gasteiger partial charge in [-0.2, -0.15) is 0 Å². The van der Waals surface area contributed by atoms with E-state index in [1.807, 2.05) is 6.07 Å². The van der Waals surface area contributed by atoms with Crippen molar-refractivity contribution in [3.8, 4) is 11.5 Å². The minimum absolute atomic E-state index is 0.0222. The molecule has 0 heterocycles. The molecule has 4 rings (SSSR count). The molecule has 0 saturated heterocycles. The summed E-state index contributed by atoms with van der Waals surface area (Å²) in [6, 6.07) is 22.3. The van der Waals surface area contributed by atoms with Crippen LogP contribution in [-0.4, -0.2) is 121 Å². The van der Waals surface area contributed by atoms with Gasteiger partial charge in [0.1, 0.15) is 61.2 Å². The molecule has 0 bridgehead atoms. The standard InChI is InChI=1S/C52H60N2O18/c1-51(2,3)71-44(57)30-42(50(64)72-52(4,5)6)54-46(59)36-24-38(49(63)70-32-34-15-11-8-12-16-34)28-40(26-36)68-22-20-66-18-17-65-19-21-67-39-25-35(45(58)53-41(47(60)61)29-43(55)56)23-37(27-39)48(62)69-31-33-13-9-7-10-14-33/h7-16,23-28,41-42H,17-22,29-32H2,1-6H3,(H,53,58)(H,54,59)(H,55,56)(H,60,61)/t41-,42-/m0/s1. The number of carboxylic acids is 2. The minimum atomic E-state index is -1.75. The Morgan fingerprint density at radius 2 is 0.903 bits per heavy atom. The van der Waals surface area contributed by atoms with Crippen LogP contribution in [0, 0.1) is 0 Å². The largest absolute Gasteiger partial charge is 0.491 e. The highest BCUT2D eigenvalue weighted by Gasteiger charge is 2.32. The normalized spacial score (nSPS) is 12.0. The van der Waals surface area contributed by atoms with Gasteiger partial charge in [-0.15, -0.1) is 0 Å². The molecular formula is C52H60N2O18. The van der Waals surface area contributed by atoms with E-state index in [0.717, 1.165) is 5.56 Å². The fourth-order valence-electron chi connectivity index (χ4n) is 6.21. The smallest absolute Gasteiger partial charge is 0.338 e. The van der Waals surface area contributed by atoms with Crippen molar-refractivity contribution in [2.75, 3.05) is 39.6 Å². The lowest BCUT2D eigenvalue weighted by molar-refractivity contribution is -0.164. The van der Waals surface area contributed by atoms with Gasteiger partial charge in [-0.25, -0.2) is 19.2 Å². The number of amides is 2. The second-order valence-corrected chi connectivity index (χ2v) is 17.8. The Labute approximate surface area is 416 Å². The van der Waals surface area contributed by atoms with Crippen molar-refractivity contribution in [3.63, 3.8) is 0 Å². The monoisotopic (exact) mass is 1000 g/mol. The first kappa shape index (κ1) is 56.7. The van der Waals surface area contributed by atoms with Gasteiger partial charge in [-0.3, -0.25) is 19.2 Å². The molecule has 0 aliphatic carbocycles. The summed E-state index contributed by atoms with van der Waals surface area (Å²) in [5.41, 5.74) is -0.803. The molecule has 0 spiro atoms. The van der Waals surface area contributed by atoms with Crippen LogP contribution in [0.15, 0.2) is 97.1 Å². The third-order valence-corrected chi connectivity index (χ3v) is 9.37. The van der Waals surface area contributed by atoms with Gasteiger partial charge in [-0.05, 0) is 89.1 Å². The highest BCUT2D eigenvalue weighted by molar-refractivity contribution is 6.01. The molecule has 0 fully saturated rings. The maximum atomic E-state index is 13.7. The molecule has 4 N–H and O–H groups in total. The third-order valence-electron chi connectivity index (χ3n) is 9.37. The number of hydrogen-bond acceptors (Lipinski definition) is 16. The summed E-state index contributed by atoms with van der Waals surface area (Å²) in [6.07, 6.45) is -1.42. The van der Waals surface area contributed by atoms with Gasteiger partial charge in [0, 0.05) is 11.1 Å². The number of aliphatic carboxylic acids is 2. The number of hydrogen-bond donors (Lipinski definition) is 4. The number of carbonyl (C=O) groups excluding carboxylic acids is 6. The highest BCUT2D eigenvalue weighted by atomic mass is 16.6. The summed E-state index contributed by atoms with van der Waals surface area (Å²) in [4.78, 5) is 102. The van der Waals surface area contributed by atoms with Crippen LogP contribution in [-0.2, 0) is 60.8 Å². The van der Waals surface area contributed by atoms with E-state index >= 15 is 0 Å².